The molecule has 2 nitrogen and oxygen atoms in total. The molecule has 46 heavy (non-hydrogen) atoms. The molecule has 0 aliphatic carbocycles. The smallest absolute Gasteiger partial charge is 0.0700 e. The molecule has 1 aliphatic rings. The van der Waals surface area contributed by atoms with Gasteiger partial charge in [0.2, 0.25) is 0 Å². The van der Waals surface area contributed by atoms with Crippen molar-refractivity contribution in [2.75, 3.05) is 16.8 Å². The molecule has 0 saturated carbocycles. The highest BCUT2D eigenvalue weighted by Gasteiger charge is 2.28. The zero-order valence-electron chi connectivity index (χ0n) is 25.4. The van der Waals surface area contributed by atoms with Crippen molar-refractivity contribution in [1.29, 1.82) is 0 Å². The first kappa shape index (κ1) is 26.7. The van der Waals surface area contributed by atoms with Crippen molar-refractivity contribution in [2.24, 2.45) is 0 Å². The Bertz CT molecular complexity index is 2280. The molecule has 0 N–H and O–H groups in total. The first-order chi connectivity index (χ1) is 22.7. The zero-order valence-corrected chi connectivity index (χ0v) is 26.2. The van der Waals surface area contributed by atoms with E-state index < -0.39 is 0 Å². The lowest BCUT2D eigenvalue weighted by molar-refractivity contribution is 1.13. The summed E-state index contributed by atoms with van der Waals surface area (Å²) in [4.78, 5) is 4.76. The second-order valence-electron chi connectivity index (χ2n) is 11.9. The highest BCUT2D eigenvalue weighted by molar-refractivity contribution is 7.26. The molecule has 0 fully saturated rings. The summed E-state index contributed by atoms with van der Waals surface area (Å²) in [6.07, 6.45) is 0. The summed E-state index contributed by atoms with van der Waals surface area (Å²) < 4.78 is 2.67. The van der Waals surface area contributed by atoms with Crippen LogP contribution in [-0.2, 0) is 0 Å². The minimum absolute atomic E-state index is 1.14. The summed E-state index contributed by atoms with van der Waals surface area (Å²) in [7, 11) is 2.19. The van der Waals surface area contributed by atoms with Crippen molar-refractivity contribution in [3.05, 3.63) is 164 Å². The van der Waals surface area contributed by atoms with Gasteiger partial charge in [0, 0.05) is 32.9 Å². The summed E-state index contributed by atoms with van der Waals surface area (Å²) >= 11 is 1.88. The summed E-state index contributed by atoms with van der Waals surface area (Å²) in [5.74, 6) is 0. The maximum atomic E-state index is 2.41. The van der Waals surface area contributed by atoms with Crippen LogP contribution in [0.4, 0.5) is 28.4 Å². The van der Waals surface area contributed by atoms with Crippen LogP contribution in [0.2, 0.25) is 0 Å². The van der Waals surface area contributed by atoms with Crippen LogP contribution in [0, 0.1) is 0 Å². The number of nitrogens with zero attached hydrogens (tertiary/aromatic N) is 2. The molecule has 9 rings (SSSR count). The zero-order chi connectivity index (χ0) is 30.6. The van der Waals surface area contributed by atoms with Gasteiger partial charge in [-0.1, -0.05) is 121 Å². The van der Waals surface area contributed by atoms with Crippen LogP contribution in [0.25, 0.3) is 53.6 Å². The quantitative estimate of drug-likeness (QED) is 0.197. The SMILES string of the molecule is CN1c2cc(-c3ccccc3)ccc2N(c2ccc(-c3cccc4c3sc3ccccc34)cc2)c2ccc(-c3ccccc3)cc21. The van der Waals surface area contributed by atoms with Crippen LogP contribution in [0.1, 0.15) is 0 Å². The molecule has 3 heteroatoms. The summed E-state index contributed by atoms with van der Waals surface area (Å²) in [5, 5.41) is 2.66. The van der Waals surface area contributed by atoms with Gasteiger partial charge >= 0.3 is 0 Å². The van der Waals surface area contributed by atoms with Gasteiger partial charge in [-0.25, -0.2) is 0 Å². The maximum Gasteiger partial charge on any atom is 0.0700 e. The highest BCUT2D eigenvalue weighted by Crippen LogP contribution is 2.53. The van der Waals surface area contributed by atoms with Crippen molar-refractivity contribution < 1.29 is 0 Å². The van der Waals surface area contributed by atoms with E-state index in [0.29, 0.717) is 0 Å². The number of fused-ring (bicyclic) bond motifs is 5. The lowest BCUT2D eigenvalue weighted by atomic mass is 9.97. The van der Waals surface area contributed by atoms with Crippen LogP contribution in [-0.4, -0.2) is 7.05 Å². The van der Waals surface area contributed by atoms with E-state index in [1.165, 1.54) is 76.3 Å². The fraction of sp³-hybridized carbons (Fsp3) is 0.0233. The number of hydrogen-bond acceptors (Lipinski definition) is 3. The number of hydrogen-bond donors (Lipinski definition) is 0. The Morgan fingerprint density at radius 3 is 1.59 bits per heavy atom. The third-order valence-corrected chi connectivity index (χ3v) is 10.4. The van der Waals surface area contributed by atoms with Crippen molar-refractivity contribution in [2.45, 2.75) is 0 Å². The molecule has 7 aromatic carbocycles. The molecule has 8 aromatic rings. The molecule has 0 bridgehead atoms. The molecule has 0 amide bonds. The van der Waals surface area contributed by atoms with E-state index in [2.05, 4.69) is 181 Å². The molecule has 0 spiro atoms. The molecule has 0 radical (unpaired) electrons. The van der Waals surface area contributed by atoms with Gasteiger partial charge in [0.05, 0.1) is 22.7 Å². The largest absolute Gasteiger partial charge is 0.341 e. The van der Waals surface area contributed by atoms with Gasteiger partial charge in [-0.2, -0.15) is 0 Å². The molecule has 2 heterocycles. The second-order valence-corrected chi connectivity index (χ2v) is 12.9. The van der Waals surface area contributed by atoms with Gasteiger partial charge in [-0.05, 0) is 75.8 Å². The average molecular weight is 607 g/mol. The summed E-state index contributed by atoms with van der Waals surface area (Å²) in [6.45, 7) is 0. The monoisotopic (exact) mass is 606 g/mol. The number of rotatable bonds is 4. The lowest BCUT2D eigenvalue weighted by Gasteiger charge is -2.39. The highest BCUT2D eigenvalue weighted by atomic mass is 32.1. The molecule has 0 atom stereocenters. The Hall–Kier alpha value is -5.64. The third-order valence-electron chi connectivity index (χ3n) is 9.21. The maximum absolute atomic E-state index is 2.41. The van der Waals surface area contributed by atoms with Gasteiger partial charge < -0.3 is 9.80 Å². The van der Waals surface area contributed by atoms with Crippen molar-refractivity contribution >= 4 is 59.9 Å². The number of benzene rings is 7. The fourth-order valence-electron chi connectivity index (χ4n) is 6.88. The fourth-order valence-corrected chi connectivity index (χ4v) is 8.12. The Morgan fingerprint density at radius 1 is 0.413 bits per heavy atom. The molecule has 1 aromatic heterocycles. The van der Waals surface area contributed by atoms with Gasteiger partial charge in [-0.3, -0.25) is 0 Å². The third kappa shape index (κ3) is 4.32. The summed E-state index contributed by atoms with van der Waals surface area (Å²) in [6, 6.07) is 59.5. The van der Waals surface area contributed by atoms with Gasteiger partial charge in [0.15, 0.2) is 0 Å². The first-order valence-electron chi connectivity index (χ1n) is 15.7. The standard InChI is InChI=1S/C43H30N2S/c1-44-40-27-32(29-11-4-2-5-12-29)21-25-38(40)45(39-26-22-33(28-41(39)44)30-13-6-3-7-14-30)34-23-19-31(20-24-34)35-16-10-17-37-36-15-8-9-18-42(36)46-43(35)37/h2-28H,1H3. The van der Waals surface area contributed by atoms with Gasteiger partial charge in [-0.15, -0.1) is 11.3 Å². The second kappa shape index (κ2) is 10.8. The van der Waals surface area contributed by atoms with E-state index >= 15 is 0 Å². The van der Waals surface area contributed by atoms with Crippen LogP contribution in [0.3, 0.4) is 0 Å². The van der Waals surface area contributed by atoms with Crippen molar-refractivity contribution in [3.63, 3.8) is 0 Å². The minimum atomic E-state index is 1.14. The first-order valence-corrected chi connectivity index (χ1v) is 16.5. The molecular formula is C43H30N2S. The molecule has 0 saturated heterocycles. The number of thiophene rings is 1. The van der Waals surface area contributed by atoms with Gasteiger partial charge in [0.1, 0.15) is 0 Å². The Labute approximate surface area is 273 Å². The van der Waals surface area contributed by atoms with Crippen LogP contribution < -0.4 is 9.80 Å². The molecule has 0 unspecified atom stereocenters. The topological polar surface area (TPSA) is 6.48 Å². The molecule has 1 aliphatic heterocycles. The summed E-state index contributed by atoms with van der Waals surface area (Å²) in [5.41, 5.74) is 13.2. The van der Waals surface area contributed by atoms with E-state index in [0.717, 1.165) is 5.69 Å². The van der Waals surface area contributed by atoms with Crippen molar-refractivity contribution in [3.8, 4) is 33.4 Å². The predicted molar refractivity (Wildman–Crippen MR) is 198 cm³/mol. The normalized spacial score (nSPS) is 12.4. The predicted octanol–water partition coefficient (Wildman–Crippen LogP) is 12.6. The van der Waals surface area contributed by atoms with Crippen LogP contribution in [0.15, 0.2) is 164 Å². The van der Waals surface area contributed by atoms with E-state index in [9.17, 15) is 0 Å². The minimum Gasteiger partial charge on any atom is -0.341 e. The molecule has 218 valence electrons. The van der Waals surface area contributed by atoms with E-state index in [-0.39, 0.29) is 0 Å². The Morgan fingerprint density at radius 2 is 0.957 bits per heavy atom. The van der Waals surface area contributed by atoms with E-state index in [1.807, 2.05) is 11.3 Å². The van der Waals surface area contributed by atoms with E-state index in [4.69, 9.17) is 0 Å². The Kier molecular flexibility index (Phi) is 6.25. The van der Waals surface area contributed by atoms with Crippen LogP contribution >= 0.6 is 11.3 Å². The van der Waals surface area contributed by atoms with Crippen LogP contribution in [0.5, 0.6) is 0 Å². The van der Waals surface area contributed by atoms with Crippen molar-refractivity contribution in [1.82, 2.24) is 0 Å². The average Bonchev–Trinajstić information content (AvgIpc) is 3.52. The molecular weight excluding hydrogens is 577 g/mol. The number of anilines is 5. The Balaban J connectivity index is 1.18. The van der Waals surface area contributed by atoms with E-state index in [1.54, 1.807) is 0 Å². The lowest BCUT2D eigenvalue weighted by Crippen LogP contribution is -2.24. The van der Waals surface area contributed by atoms with Gasteiger partial charge in [0.25, 0.3) is 0 Å².